The Labute approximate surface area is 129 Å². The summed E-state index contributed by atoms with van der Waals surface area (Å²) < 4.78 is 0. The fourth-order valence-corrected chi connectivity index (χ4v) is 1.22. The highest BCUT2D eigenvalue weighted by molar-refractivity contribution is 5.96. The van der Waals surface area contributed by atoms with Gasteiger partial charge >= 0.3 is 11.9 Å². The number of aliphatic carboxylic acids is 2. The molecule has 1 rings (SSSR count). The summed E-state index contributed by atoms with van der Waals surface area (Å²) in [5, 5.41) is 19.1. The van der Waals surface area contributed by atoms with Gasteiger partial charge in [-0.05, 0) is 25.0 Å². The third kappa shape index (κ3) is 7.39. The number of nitrogens with two attached hydrogens (primary N) is 1. The molecule has 0 saturated heterocycles. The molecule has 7 heteroatoms. The summed E-state index contributed by atoms with van der Waals surface area (Å²) in [6, 6.07) is 6.91. The molecule has 0 aliphatic carbocycles. The van der Waals surface area contributed by atoms with E-state index >= 15 is 0 Å². The highest BCUT2D eigenvalue weighted by Gasteiger charge is 2.15. The minimum Gasteiger partial charge on any atom is -0.480 e. The van der Waals surface area contributed by atoms with Crippen LogP contribution in [0.3, 0.4) is 0 Å². The zero-order valence-electron chi connectivity index (χ0n) is 12.8. The second-order valence-corrected chi connectivity index (χ2v) is 5.01. The van der Waals surface area contributed by atoms with Crippen LogP contribution < -0.4 is 11.1 Å². The minimum atomic E-state index is -1.05. The predicted molar refractivity (Wildman–Crippen MR) is 81.5 cm³/mol. The van der Waals surface area contributed by atoms with Gasteiger partial charge < -0.3 is 21.3 Å². The van der Waals surface area contributed by atoms with E-state index in [-0.39, 0.29) is 11.8 Å². The van der Waals surface area contributed by atoms with Crippen LogP contribution in [0.5, 0.6) is 0 Å². The number of carboxylic acids is 2. The summed E-state index contributed by atoms with van der Waals surface area (Å²) in [4.78, 5) is 31.9. The maximum Gasteiger partial charge on any atom is 0.325 e. The zero-order chi connectivity index (χ0) is 17.3. The molecular formula is C15H22N2O5. The van der Waals surface area contributed by atoms with Crippen molar-refractivity contribution in [2.75, 3.05) is 0 Å². The summed E-state index contributed by atoms with van der Waals surface area (Å²) >= 11 is 0. The SMILES string of the molecule is CC(C)[C@@H](N)C(=O)O.C[C@@H](NC(=O)c1ccccc1)C(=O)O. The van der Waals surface area contributed by atoms with Crippen LogP contribution in [0.4, 0.5) is 0 Å². The molecule has 2 atom stereocenters. The van der Waals surface area contributed by atoms with Crippen molar-refractivity contribution in [2.45, 2.75) is 32.9 Å². The van der Waals surface area contributed by atoms with Gasteiger partial charge in [0.25, 0.3) is 5.91 Å². The van der Waals surface area contributed by atoms with Gasteiger partial charge in [-0.3, -0.25) is 14.4 Å². The average molecular weight is 310 g/mol. The summed E-state index contributed by atoms with van der Waals surface area (Å²) in [6.45, 7) is 4.97. The quantitative estimate of drug-likeness (QED) is 0.640. The number of hydrogen-bond acceptors (Lipinski definition) is 4. The molecule has 0 aliphatic rings. The van der Waals surface area contributed by atoms with Crippen LogP contribution in [0.1, 0.15) is 31.1 Å². The van der Waals surface area contributed by atoms with Gasteiger partial charge in [-0.2, -0.15) is 0 Å². The molecule has 0 saturated carbocycles. The van der Waals surface area contributed by atoms with Crippen molar-refractivity contribution in [1.82, 2.24) is 5.32 Å². The number of carboxylic acid groups (broad SMARTS) is 2. The van der Waals surface area contributed by atoms with Crippen LogP contribution in [0.2, 0.25) is 0 Å². The number of benzene rings is 1. The molecule has 122 valence electrons. The van der Waals surface area contributed by atoms with Gasteiger partial charge in [0.1, 0.15) is 12.1 Å². The molecule has 0 heterocycles. The van der Waals surface area contributed by atoms with E-state index in [2.05, 4.69) is 5.32 Å². The molecule has 5 N–H and O–H groups in total. The van der Waals surface area contributed by atoms with Crippen molar-refractivity contribution < 1.29 is 24.6 Å². The lowest BCUT2D eigenvalue weighted by Crippen LogP contribution is -2.38. The maximum absolute atomic E-state index is 11.4. The van der Waals surface area contributed by atoms with Crippen LogP contribution in [-0.4, -0.2) is 40.1 Å². The Hall–Kier alpha value is -2.41. The summed E-state index contributed by atoms with van der Waals surface area (Å²) in [7, 11) is 0. The van der Waals surface area contributed by atoms with Gasteiger partial charge in [0.15, 0.2) is 0 Å². The van der Waals surface area contributed by atoms with Crippen LogP contribution in [-0.2, 0) is 9.59 Å². The predicted octanol–water partition coefficient (Wildman–Crippen LogP) is 0.944. The first-order valence-corrected chi connectivity index (χ1v) is 6.74. The van der Waals surface area contributed by atoms with E-state index in [0.717, 1.165) is 0 Å². The lowest BCUT2D eigenvalue weighted by Gasteiger charge is -2.08. The van der Waals surface area contributed by atoms with Gasteiger partial charge in [-0.1, -0.05) is 32.0 Å². The Bertz CT molecular complexity index is 502. The highest BCUT2D eigenvalue weighted by atomic mass is 16.4. The molecule has 0 radical (unpaired) electrons. The van der Waals surface area contributed by atoms with E-state index in [0.29, 0.717) is 5.56 Å². The number of hydrogen-bond donors (Lipinski definition) is 4. The highest BCUT2D eigenvalue weighted by Crippen LogP contribution is 1.98. The lowest BCUT2D eigenvalue weighted by atomic mass is 10.1. The normalized spacial score (nSPS) is 12.6. The third-order valence-electron chi connectivity index (χ3n) is 2.76. The standard InChI is InChI=1S/C10H11NO3.C5H11NO2/c1-7(10(13)14)11-9(12)8-5-3-2-4-6-8;1-3(2)4(6)5(7)8/h2-7H,1H3,(H,11,12)(H,13,14);3-4H,6H2,1-2H3,(H,7,8)/t7-;4-/m11/s1. The van der Waals surface area contributed by atoms with Crippen molar-refractivity contribution in [3.63, 3.8) is 0 Å². The fourth-order valence-electron chi connectivity index (χ4n) is 1.22. The van der Waals surface area contributed by atoms with Crippen molar-refractivity contribution in [3.8, 4) is 0 Å². The van der Waals surface area contributed by atoms with E-state index in [1.54, 1.807) is 44.2 Å². The Morgan fingerprint density at radius 1 is 1.00 bits per heavy atom. The molecule has 0 spiro atoms. The number of carbonyl (C=O) groups is 3. The Kier molecular flexibility index (Phi) is 8.47. The van der Waals surface area contributed by atoms with E-state index in [4.69, 9.17) is 15.9 Å². The molecule has 0 bridgehead atoms. The Morgan fingerprint density at radius 3 is 1.82 bits per heavy atom. The minimum absolute atomic E-state index is 0.0208. The second-order valence-electron chi connectivity index (χ2n) is 5.01. The van der Waals surface area contributed by atoms with E-state index in [1.165, 1.54) is 6.92 Å². The van der Waals surface area contributed by atoms with E-state index in [1.807, 2.05) is 0 Å². The first kappa shape index (κ1) is 19.6. The summed E-state index contributed by atoms with van der Waals surface area (Å²) in [5.41, 5.74) is 5.62. The molecule has 0 unspecified atom stereocenters. The lowest BCUT2D eigenvalue weighted by molar-refractivity contribution is -0.140. The zero-order valence-corrected chi connectivity index (χ0v) is 12.8. The number of carbonyl (C=O) groups excluding carboxylic acids is 1. The summed E-state index contributed by atoms with van der Waals surface area (Å²) in [6.07, 6.45) is 0. The largest absolute Gasteiger partial charge is 0.480 e. The number of rotatable bonds is 5. The van der Waals surface area contributed by atoms with Crippen LogP contribution in [0, 0.1) is 5.92 Å². The van der Waals surface area contributed by atoms with Gasteiger partial charge in [-0.25, -0.2) is 0 Å². The smallest absolute Gasteiger partial charge is 0.325 e. The molecule has 1 amide bonds. The topological polar surface area (TPSA) is 130 Å². The monoisotopic (exact) mass is 310 g/mol. The first-order valence-electron chi connectivity index (χ1n) is 6.74. The maximum atomic E-state index is 11.4. The second kappa shape index (κ2) is 9.51. The number of nitrogens with one attached hydrogen (secondary N) is 1. The molecule has 7 nitrogen and oxygen atoms in total. The van der Waals surface area contributed by atoms with Crippen LogP contribution in [0.25, 0.3) is 0 Å². The Balaban J connectivity index is 0.000000472. The molecule has 0 aromatic heterocycles. The van der Waals surface area contributed by atoms with Gasteiger partial charge in [-0.15, -0.1) is 0 Å². The van der Waals surface area contributed by atoms with Gasteiger partial charge in [0.05, 0.1) is 0 Å². The molecule has 1 aromatic carbocycles. The van der Waals surface area contributed by atoms with Gasteiger partial charge in [0, 0.05) is 5.56 Å². The van der Waals surface area contributed by atoms with Crippen molar-refractivity contribution in [1.29, 1.82) is 0 Å². The molecule has 0 aliphatic heterocycles. The Morgan fingerprint density at radius 2 is 1.50 bits per heavy atom. The average Bonchev–Trinajstić information content (AvgIpc) is 2.47. The van der Waals surface area contributed by atoms with E-state index in [9.17, 15) is 14.4 Å². The van der Waals surface area contributed by atoms with Crippen LogP contribution >= 0.6 is 0 Å². The van der Waals surface area contributed by atoms with Crippen molar-refractivity contribution >= 4 is 17.8 Å². The van der Waals surface area contributed by atoms with E-state index < -0.39 is 24.0 Å². The van der Waals surface area contributed by atoms with Crippen LogP contribution in [0.15, 0.2) is 30.3 Å². The molecule has 0 fully saturated rings. The fraction of sp³-hybridized carbons (Fsp3) is 0.400. The third-order valence-corrected chi connectivity index (χ3v) is 2.76. The van der Waals surface area contributed by atoms with Crippen molar-refractivity contribution in [2.24, 2.45) is 11.7 Å². The summed E-state index contributed by atoms with van der Waals surface area (Å²) in [5.74, 6) is -2.33. The van der Waals surface area contributed by atoms with Crippen molar-refractivity contribution in [3.05, 3.63) is 35.9 Å². The molecule has 22 heavy (non-hydrogen) atoms. The van der Waals surface area contributed by atoms with Gasteiger partial charge in [0.2, 0.25) is 0 Å². The molecule has 1 aromatic rings. The molecular weight excluding hydrogens is 288 g/mol. The number of amides is 1. The first-order chi connectivity index (χ1) is 10.2.